The maximum atomic E-state index is 12.7. The third kappa shape index (κ3) is 3.24. The Hall–Kier alpha value is -1.89. The summed E-state index contributed by atoms with van der Waals surface area (Å²) in [7, 11) is 1.25. The number of aliphatic carboxylic acids is 1. The average molecular weight is 297 g/mol. The molecule has 3 atom stereocenters. The number of esters is 1. The van der Waals surface area contributed by atoms with Gasteiger partial charge < -0.3 is 19.5 Å². The number of methoxy groups -OCH3 is 1. The Morgan fingerprint density at radius 3 is 2.52 bits per heavy atom. The molecule has 1 N–H and O–H groups in total. The molecule has 0 radical (unpaired) electrons. The van der Waals surface area contributed by atoms with Crippen LogP contribution >= 0.6 is 0 Å². The zero-order valence-corrected chi connectivity index (χ0v) is 11.9. The molecule has 7 heteroatoms. The largest absolute Gasteiger partial charge is 0.481 e. The molecule has 0 bridgehead atoms. The summed E-state index contributed by atoms with van der Waals surface area (Å²) >= 11 is 0. The molecule has 3 unspecified atom stereocenters. The van der Waals surface area contributed by atoms with Gasteiger partial charge in [-0.1, -0.05) is 12.2 Å². The summed E-state index contributed by atoms with van der Waals surface area (Å²) in [6.07, 6.45) is 4.30. The average Bonchev–Trinajstić information content (AvgIpc) is 2.53. The Labute approximate surface area is 122 Å². The fourth-order valence-corrected chi connectivity index (χ4v) is 2.77. The molecule has 1 saturated heterocycles. The molecule has 1 fully saturated rings. The van der Waals surface area contributed by atoms with Gasteiger partial charge >= 0.3 is 11.9 Å². The Morgan fingerprint density at radius 2 is 1.90 bits per heavy atom. The SMILES string of the molecule is COC(=O)C1COCCN1C(=O)C1CC=CCC1C(=O)O. The minimum Gasteiger partial charge on any atom is -0.481 e. The zero-order chi connectivity index (χ0) is 15.4. The maximum Gasteiger partial charge on any atom is 0.331 e. The van der Waals surface area contributed by atoms with E-state index in [-0.39, 0.29) is 19.1 Å². The Bertz CT molecular complexity index is 460. The van der Waals surface area contributed by atoms with Crippen LogP contribution in [0, 0.1) is 11.8 Å². The minimum absolute atomic E-state index is 0.0821. The number of carbonyl (C=O) groups excluding carboxylic acids is 2. The highest BCUT2D eigenvalue weighted by Crippen LogP contribution is 2.29. The second kappa shape index (κ2) is 6.71. The molecule has 2 rings (SSSR count). The van der Waals surface area contributed by atoms with Crippen LogP contribution in [0.3, 0.4) is 0 Å². The highest BCUT2D eigenvalue weighted by molar-refractivity contribution is 5.89. The number of carboxylic acid groups (broad SMARTS) is 1. The first kappa shape index (κ1) is 15.5. The van der Waals surface area contributed by atoms with Crippen LogP contribution in [0.15, 0.2) is 12.2 Å². The van der Waals surface area contributed by atoms with Gasteiger partial charge in [0.05, 0.1) is 32.2 Å². The van der Waals surface area contributed by atoms with Crippen molar-refractivity contribution in [2.24, 2.45) is 11.8 Å². The van der Waals surface area contributed by atoms with Crippen LogP contribution in [0.1, 0.15) is 12.8 Å². The topological polar surface area (TPSA) is 93.1 Å². The normalized spacial score (nSPS) is 29.0. The summed E-state index contributed by atoms with van der Waals surface area (Å²) in [5.74, 6) is -3.23. The van der Waals surface area contributed by atoms with Crippen LogP contribution < -0.4 is 0 Å². The lowest BCUT2D eigenvalue weighted by molar-refractivity contribution is -0.165. The van der Waals surface area contributed by atoms with E-state index in [1.807, 2.05) is 6.08 Å². The molecule has 21 heavy (non-hydrogen) atoms. The summed E-state index contributed by atoms with van der Waals surface area (Å²) in [4.78, 5) is 37.1. The number of ether oxygens (including phenoxy) is 2. The molecule has 2 aliphatic rings. The smallest absolute Gasteiger partial charge is 0.331 e. The van der Waals surface area contributed by atoms with Gasteiger partial charge in [-0.15, -0.1) is 0 Å². The predicted molar refractivity (Wildman–Crippen MR) is 71.3 cm³/mol. The Kier molecular flexibility index (Phi) is 4.95. The molecule has 0 saturated carbocycles. The number of morpholine rings is 1. The standard InChI is InChI=1S/C14H19NO6/c1-20-14(19)11-8-21-7-6-15(11)12(16)9-4-2-3-5-10(9)13(17)18/h2-3,9-11H,4-8H2,1H3,(H,17,18). The van der Waals surface area contributed by atoms with Crippen LogP contribution in [-0.4, -0.2) is 60.8 Å². The number of rotatable bonds is 3. The quantitative estimate of drug-likeness (QED) is 0.584. The molecule has 1 aliphatic carbocycles. The van der Waals surface area contributed by atoms with Gasteiger partial charge in [0.1, 0.15) is 0 Å². The predicted octanol–water partition coefficient (Wildman–Crippen LogP) is 0.0538. The third-order valence-electron chi connectivity index (χ3n) is 3.95. The van der Waals surface area contributed by atoms with Gasteiger partial charge in [-0.05, 0) is 12.8 Å². The number of nitrogens with zero attached hydrogens (tertiary/aromatic N) is 1. The van der Waals surface area contributed by atoms with Gasteiger partial charge in [-0.25, -0.2) is 4.79 Å². The maximum absolute atomic E-state index is 12.7. The molecule has 116 valence electrons. The van der Waals surface area contributed by atoms with E-state index in [9.17, 15) is 19.5 Å². The number of allylic oxidation sites excluding steroid dienone is 2. The second-order valence-corrected chi connectivity index (χ2v) is 5.14. The van der Waals surface area contributed by atoms with Crippen molar-refractivity contribution in [2.45, 2.75) is 18.9 Å². The van der Waals surface area contributed by atoms with Crippen LogP contribution in [0.5, 0.6) is 0 Å². The number of carboxylic acids is 1. The molecular formula is C14H19NO6. The monoisotopic (exact) mass is 297 g/mol. The van der Waals surface area contributed by atoms with Crippen molar-refractivity contribution in [3.63, 3.8) is 0 Å². The van der Waals surface area contributed by atoms with Crippen molar-refractivity contribution in [3.05, 3.63) is 12.2 Å². The summed E-state index contributed by atoms with van der Waals surface area (Å²) in [5.41, 5.74) is 0. The van der Waals surface area contributed by atoms with Crippen LogP contribution in [0.4, 0.5) is 0 Å². The van der Waals surface area contributed by atoms with Gasteiger partial charge in [0, 0.05) is 6.54 Å². The van der Waals surface area contributed by atoms with E-state index >= 15 is 0 Å². The Morgan fingerprint density at radius 1 is 1.24 bits per heavy atom. The van der Waals surface area contributed by atoms with Crippen LogP contribution in [0.25, 0.3) is 0 Å². The summed E-state index contributed by atoms with van der Waals surface area (Å²) in [6, 6.07) is -0.795. The van der Waals surface area contributed by atoms with Crippen LogP contribution in [-0.2, 0) is 23.9 Å². The van der Waals surface area contributed by atoms with Gasteiger partial charge in [0.2, 0.25) is 5.91 Å². The number of hydrogen-bond acceptors (Lipinski definition) is 5. The molecule has 1 aliphatic heterocycles. The summed E-state index contributed by atoms with van der Waals surface area (Å²) < 4.78 is 9.91. The molecule has 0 aromatic carbocycles. The molecule has 1 amide bonds. The molecule has 7 nitrogen and oxygen atoms in total. The Balaban J connectivity index is 2.17. The number of hydrogen-bond donors (Lipinski definition) is 1. The van der Waals surface area contributed by atoms with Gasteiger partial charge in [-0.3, -0.25) is 9.59 Å². The van der Waals surface area contributed by atoms with E-state index in [1.165, 1.54) is 12.0 Å². The third-order valence-corrected chi connectivity index (χ3v) is 3.95. The highest BCUT2D eigenvalue weighted by Gasteiger charge is 2.41. The summed E-state index contributed by atoms with van der Waals surface area (Å²) in [5, 5.41) is 9.26. The first-order chi connectivity index (χ1) is 10.1. The van der Waals surface area contributed by atoms with Crippen molar-refractivity contribution < 1.29 is 29.0 Å². The fraction of sp³-hybridized carbons (Fsp3) is 0.643. The van der Waals surface area contributed by atoms with E-state index < -0.39 is 29.8 Å². The second-order valence-electron chi connectivity index (χ2n) is 5.14. The molecule has 0 aromatic heterocycles. The van der Waals surface area contributed by atoms with Gasteiger partial charge in [-0.2, -0.15) is 0 Å². The van der Waals surface area contributed by atoms with E-state index in [0.29, 0.717) is 19.4 Å². The van der Waals surface area contributed by atoms with Crippen molar-refractivity contribution in [2.75, 3.05) is 26.9 Å². The van der Waals surface area contributed by atoms with E-state index in [2.05, 4.69) is 4.74 Å². The van der Waals surface area contributed by atoms with Gasteiger partial charge in [0.15, 0.2) is 6.04 Å². The highest BCUT2D eigenvalue weighted by atomic mass is 16.5. The van der Waals surface area contributed by atoms with Gasteiger partial charge in [0.25, 0.3) is 0 Å². The number of carbonyl (C=O) groups is 3. The lowest BCUT2D eigenvalue weighted by atomic mass is 9.82. The lowest BCUT2D eigenvalue weighted by Gasteiger charge is -2.37. The first-order valence-corrected chi connectivity index (χ1v) is 6.90. The molecular weight excluding hydrogens is 278 g/mol. The summed E-state index contributed by atoms with van der Waals surface area (Å²) in [6.45, 7) is 0.684. The van der Waals surface area contributed by atoms with E-state index in [0.717, 1.165) is 0 Å². The minimum atomic E-state index is -0.986. The van der Waals surface area contributed by atoms with Crippen molar-refractivity contribution >= 4 is 17.8 Å². The van der Waals surface area contributed by atoms with Crippen molar-refractivity contribution in [1.29, 1.82) is 0 Å². The number of amides is 1. The van der Waals surface area contributed by atoms with Crippen molar-refractivity contribution in [1.82, 2.24) is 4.90 Å². The molecule has 0 spiro atoms. The van der Waals surface area contributed by atoms with Crippen molar-refractivity contribution in [3.8, 4) is 0 Å². The lowest BCUT2D eigenvalue weighted by Crippen LogP contribution is -2.55. The first-order valence-electron chi connectivity index (χ1n) is 6.90. The fourth-order valence-electron chi connectivity index (χ4n) is 2.77. The molecule has 1 heterocycles. The molecule has 0 aromatic rings. The zero-order valence-electron chi connectivity index (χ0n) is 11.9. The van der Waals surface area contributed by atoms with E-state index in [4.69, 9.17) is 4.74 Å². The van der Waals surface area contributed by atoms with E-state index in [1.54, 1.807) is 6.08 Å². The van der Waals surface area contributed by atoms with Crippen LogP contribution in [0.2, 0.25) is 0 Å².